The highest BCUT2D eigenvalue weighted by Gasteiger charge is 2.13. The number of nitrogens with two attached hydrogens (primary N) is 1. The van der Waals surface area contributed by atoms with Crippen LogP contribution in [0.4, 0.5) is 10.1 Å². The van der Waals surface area contributed by atoms with Crippen LogP contribution in [0.25, 0.3) is 0 Å². The van der Waals surface area contributed by atoms with Gasteiger partial charge in [0.1, 0.15) is 5.82 Å². The summed E-state index contributed by atoms with van der Waals surface area (Å²) in [6, 6.07) is 1.88. The Bertz CT molecular complexity index is 388. The molecule has 0 aliphatic rings. The number of hydrogen-bond donors (Lipinski definition) is 1. The summed E-state index contributed by atoms with van der Waals surface area (Å²) in [5.41, 5.74) is 4.93. The van der Waals surface area contributed by atoms with Crippen molar-refractivity contribution in [3.05, 3.63) is 23.0 Å². The number of hydrogen-bond acceptors (Lipinski definition) is 4. The van der Waals surface area contributed by atoms with Crippen LogP contribution in [0.5, 0.6) is 5.75 Å². The van der Waals surface area contributed by atoms with Crippen LogP contribution in [-0.4, -0.2) is 0 Å². The zero-order valence-corrected chi connectivity index (χ0v) is 11.2. The molecule has 0 fully saturated rings. The largest absolute Gasteiger partial charge is 0.558 e. The highest BCUT2D eigenvalue weighted by atomic mass is 35.5. The van der Waals surface area contributed by atoms with Gasteiger partial charge in [-0.1, -0.05) is 38.3 Å². The van der Waals surface area contributed by atoms with Crippen molar-refractivity contribution in [2.24, 2.45) is 0 Å². The summed E-state index contributed by atoms with van der Waals surface area (Å²) in [5.74, 6) is -0.907. The fourth-order valence-electron chi connectivity index (χ4n) is 0.695. The second-order valence-corrected chi connectivity index (χ2v) is 4.16. The molecule has 7 heteroatoms. The lowest BCUT2D eigenvalue weighted by Crippen LogP contribution is -1.96. The van der Waals surface area contributed by atoms with E-state index >= 15 is 0 Å². The van der Waals surface area contributed by atoms with Gasteiger partial charge in [-0.2, -0.15) is 0 Å². The lowest BCUT2D eigenvalue weighted by Gasteiger charge is -2.00. The van der Waals surface area contributed by atoms with Gasteiger partial charge in [0.2, 0.25) is 5.75 Å². The van der Waals surface area contributed by atoms with E-state index in [0.29, 0.717) is 0 Å². The Morgan fingerprint density at radius 1 is 1.47 bits per heavy atom. The number of anilines is 1. The van der Waals surface area contributed by atoms with E-state index in [4.69, 9.17) is 17.3 Å². The van der Waals surface area contributed by atoms with Crippen molar-refractivity contribution in [2.45, 2.75) is 26.7 Å². The maximum Gasteiger partial charge on any atom is 0.539 e. The first kappa shape index (κ1) is 16.1. The molecule has 17 heavy (non-hydrogen) atoms. The third kappa shape index (κ3) is 6.41. The summed E-state index contributed by atoms with van der Waals surface area (Å²) in [7, 11) is -3.08. The summed E-state index contributed by atoms with van der Waals surface area (Å²) in [5, 5.41) is -0.147. The second kappa shape index (κ2) is 8.23. The molecule has 0 amide bonds. The van der Waals surface area contributed by atoms with Crippen molar-refractivity contribution in [1.82, 2.24) is 0 Å². The van der Waals surface area contributed by atoms with E-state index in [2.05, 4.69) is 18.4 Å². The minimum atomic E-state index is -3.08. The molecule has 1 unspecified atom stereocenters. The molecule has 0 aliphatic carbocycles. The molecule has 0 saturated heterocycles. The first-order valence-corrected chi connectivity index (χ1v) is 6.46. The first-order valence-electron chi connectivity index (χ1n) is 4.99. The summed E-state index contributed by atoms with van der Waals surface area (Å²) < 4.78 is 27.1. The van der Waals surface area contributed by atoms with Gasteiger partial charge in [0.25, 0.3) is 0 Å². The van der Waals surface area contributed by atoms with Crippen LogP contribution in [0.3, 0.4) is 0 Å². The van der Waals surface area contributed by atoms with Crippen molar-refractivity contribution in [1.29, 1.82) is 0 Å². The van der Waals surface area contributed by atoms with Crippen LogP contribution < -0.4 is 15.2 Å². The summed E-state index contributed by atoms with van der Waals surface area (Å²) in [6.07, 6.45) is 2.64. The van der Waals surface area contributed by atoms with E-state index in [0.717, 1.165) is 12.1 Å². The molecule has 0 aliphatic heterocycles. The Balaban J connectivity index is 0.000000557. The number of halogens is 2. The third-order valence-corrected chi connectivity index (χ3v) is 2.37. The fourth-order valence-corrected chi connectivity index (χ4v) is 1.25. The second-order valence-electron chi connectivity index (χ2n) is 3.12. The van der Waals surface area contributed by atoms with E-state index < -0.39 is 14.1 Å². The van der Waals surface area contributed by atoms with Gasteiger partial charge in [-0.25, -0.2) is 4.39 Å². The van der Waals surface area contributed by atoms with Gasteiger partial charge in [0, 0.05) is 6.07 Å². The molecule has 0 saturated carbocycles. The average Bonchev–Trinajstić information content (AvgIpc) is 2.25. The van der Waals surface area contributed by atoms with Crippen molar-refractivity contribution in [3.63, 3.8) is 0 Å². The van der Waals surface area contributed by atoms with Gasteiger partial charge in [-0.15, -0.1) is 0 Å². The molecule has 0 aromatic heterocycles. The number of unbranched alkanes of at least 4 members (excludes halogenated alkanes) is 1. The molecule has 1 rings (SSSR count). The molecule has 4 nitrogen and oxygen atoms in total. The van der Waals surface area contributed by atoms with Crippen LogP contribution in [-0.2, 0) is 4.57 Å². The SMILES string of the molecule is CCCC.Nc1cc(O[P+](=O)[O-])c(Cl)cc1F. The monoisotopic (exact) mass is 281 g/mol. The van der Waals surface area contributed by atoms with Crippen molar-refractivity contribution >= 4 is 25.5 Å². The number of rotatable bonds is 3. The Labute approximate surface area is 105 Å². The zero-order chi connectivity index (χ0) is 13.4. The molecule has 0 radical (unpaired) electrons. The van der Waals surface area contributed by atoms with Gasteiger partial charge in [0.15, 0.2) is 0 Å². The minimum Gasteiger partial charge on any atom is -0.558 e. The zero-order valence-electron chi connectivity index (χ0n) is 9.57. The Kier molecular flexibility index (Phi) is 7.79. The Morgan fingerprint density at radius 2 is 2.00 bits per heavy atom. The first-order chi connectivity index (χ1) is 7.92. The van der Waals surface area contributed by atoms with Crippen LogP contribution in [0.1, 0.15) is 26.7 Å². The van der Waals surface area contributed by atoms with E-state index in [9.17, 15) is 13.8 Å². The molecular formula is C10H14ClFNO3P. The molecule has 0 heterocycles. The lowest BCUT2D eigenvalue weighted by atomic mass is 10.3. The standard InChI is InChI=1S/C6H4ClFNO3P.C4H10/c7-3-1-4(8)5(9)2-6(3)12-13(10)11;1-3-4-2/h1-2H,9H2;3-4H2,1-2H3. The smallest absolute Gasteiger partial charge is 0.539 e. The minimum absolute atomic E-state index is 0.147. The molecular weight excluding hydrogens is 268 g/mol. The molecule has 1 aromatic carbocycles. The van der Waals surface area contributed by atoms with Gasteiger partial charge in [0.05, 0.1) is 10.7 Å². The van der Waals surface area contributed by atoms with Crippen LogP contribution in [0, 0.1) is 5.82 Å². The molecule has 1 aromatic rings. The van der Waals surface area contributed by atoms with Gasteiger partial charge >= 0.3 is 8.25 Å². The fraction of sp³-hybridized carbons (Fsp3) is 0.400. The number of nitrogen functional groups attached to an aromatic ring is 1. The predicted octanol–water partition coefficient (Wildman–Crippen LogP) is 3.26. The maximum absolute atomic E-state index is 12.7. The Morgan fingerprint density at radius 3 is 2.41 bits per heavy atom. The Hall–Kier alpha value is -0.900. The summed E-state index contributed by atoms with van der Waals surface area (Å²) in [4.78, 5) is 10.1. The quantitative estimate of drug-likeness (QED) is 0.681. The van der Waals surface area contributed by atoms with Crippen LogP contribution in [0.15, 0.2) is 12.1 Å². The van der Waals surface area contributed by atoms with Crippen molar-refractivity contribution in [2.75, 3.05) is 5.73 Å². The predicted molar refractivity (Wildman–Crippen MR) is 64.6 cm³/mol. The molecule has 0 bridgehead atoms. The van der Waals surface area contributed by atoms with Gasteiger partial charge < -0.3 is 10.6 Å². The average molecular weight is 282 g/mol. The van der Waals surface area contributed by atoms with Crippen molar-refractivity contribution < 1.29 is 18.4 Å². The van der Waals surface area contributed by atoms with E-state index in [1.165, 1.54) is 12.8 Å². The van der Waals surface area contributed by atoms with Crippen LogP contribution >= 0.6 is 19.9 Å². The molecule has 1 atom stereocenters. The third-order valence-electron chi connectivity index (χ3n) is 1.72. The van der Waals surface area contributed by atoms with E-state index in [-0.39, 0.29) is 16.5 Å². The maximum atomic E-state index is 12.7. The molecule has 0 spiro atoms. The summed E-state index contributed by atoms with van der Waals surface area (Å²) in [6.45, 7) is 4.36. The van der Waals surface area contributed by atoms with Crippen LogP contribution in [0.2, 0.25) is 5.02 Å². The van der Waals surface area contributed by atoms with Gasteiger partial charge in [-0.05, 0) is 10.6 Å². The van der Waals surface area contributed by atoms with Crippen molar-refractivity contribution in [3.8, 4) is 5.75 Å². The lowest BCUT2D eigenvalue weighted by molar-refractivity contribution is -0.178. The highest BCUT2D eigenvalue weighted by molar-refractivity contribution is 7.31. The molecule has 2 N–H and O–H groups in total. The number of benzene rings is 1. The summed E-state index contributed by atoms with van der Waals surface area (Å²) >= 11 is 5.46. The van der Waals surface area contributed by atoms with E-state index in [1.807, 2.05) is 0 Å². The topological polar surface area (TPSA) is 75.4 Å². The van der Waals surface area contributed by atoms with E-state index in [1.54, 1.807) is 0 Å². The normalized spacial score (nSPS) is 10.3. The molecule has 96 valence electrons. The highest BCUT2D eigenvalue weighted by Crippen LogP contribution is 2.32. The van der Waals surface area contributed by atoms with Gasteiger partial charge in [-0.3, -0.25) is 4.52 Å².